The molecule has 15 heavy (non-hydrogen) atoms. The molecule has 0 aromatic heterocycles. The third kappa shape index (κ3) is 5.19. The molecule has 0 saturated heterocycles. The third-order valence-corrected chi connectivity index (χ3v) is 2.90. The van der Waals surface area contributed by atoms with Crippen molar-refractivity contribution < 1.29 is 4.79 Å². The molecule has 0 aromatic carbocycles. The largest absolute Gasteiger partial charge is 0.356 e. The van der Waals surface area contributed by atoms with Crippen molar-refractivity contribution >= 4 is 5.91 Å². The lowest BCUT2D eigenvalue weighted by molar-refractivity contribution is -0.126. The van der Waals surface area contributed by atoms with Gasteiger partial charge >= 0.3 is 0 Å². The Morgan fingerprint density at radius 3 is 2.00 bits per heavy atom. The smallest absolute Gasteiger partial charge is 0.223 e. The molecular weight excluding hydrogens is 186 g/mol. The Bertz CT molecular complexity index is 169. The summed E-state index contributed by atoms with van der Waals surface area (Å²) in [6, 6.07) is 0. The molecule has 1 saturated carbocycles. The van der Waals surface area contributed by atoms with Crippen molar-refractivity contribution in [1.29, 1.82) is 0 Å². The summed E-state index contributed by atoms with van der Waals surface area (Å²) in [5, 5.41) is 2.92. The summed E-state index contributed by atoms with van der Waals surface area (Å²) in [5.74, 6) is 1.98. The first kappa shape index (κ1) is 14.5. The van der Waals surface area contributed by atoms with E-state index in [9.17, 15) is 4.79 Å². The van der Waals surface area contributed by atoms with Gasteiger partial charge in [-0.1, -0.05) is 27.7 Å². The predicted molar refractivity (Wildman–Crippen MR) is 65.7 cm³/mol. The summed E-state index contributed by atoms with van der Waals surface area (Å²) in [4.78, 5) is 11.6. The fourth-order valence-electron chi connectivity index (χ4n) is 2.48. The van der Waals surface area contributed by atoms with Gasteiger partial charge in [0.2, 0.25) is 5.91 Å². The molecule has 2 atom stereocenters. The van der Waals surface area contributed by atoms with E-state index in [4.69, 9.17) is 0 Å². The highest BCUT2D eigenvalue weighted by Gasteiger charge is 2.28. The zero-order valence-electron chi connectivity index (χ0n) is 11.0. The predicted octanol–water partition coefficient (Wildman–Crippen LogP) is 3.22. The van der Waals surface area contributed by atoms with Gasteiger partial charge in [0.1, 0.15) is 0 Å². The van der Waals surface area contributed by atoms with Crippen LogP contribution in [0.4, 0.5) is 0 Å². The molecule has 2 unspecified atom stereocenters. The molecule has 1 amide bonds. The van der Waals surface area contributed by atoms with Gasteiger partial charge in [0.25, 0.3) is 0 Å². The number of hydrogen-bond acceptors (Lipinski definition) is 1. The van der Waals surface area contributed by atoms with Gasteiger partial charge in [-0.15, -0.1) is 0 Å². The minimum atomic E-state index is 0.265. The molecule has 1 aliphatic rings. The molecule has 1 fully saturated rings. The van der Waals surface area contributed by atoms with Crippen LogP contribution in [0.5, 0.6) is 0 Å². The van der Waals surface area contributed by atoms with Gasteiger partial charge in [-0.3, -0.25) is 4.79 Å². The van der Waals surface area contributed by atoms with Gasteiger partial charge in [-0.25, -0.2) is 0 Å². The second-order valence-electron chi connectivity index (χ2n) is 4.51. The highest BCUT2D eigenvalue weighted by atomic mass is 16.1. The van der Waals surface area contributed by atoms with Gasteiger partial charge < -0.3 is 5.32 Å². The maximum atomic E-state index is 11.6. The van der Waals surface area contributed by atoms with Crippen molar-refractivity contribution in [2.45, 2.75) is 53.9 Å². The van der Waals surface area contributed by atoms with E-state index < -0.39 is 0 Å². The minimum absolute atomic E-state index is 0.265. The average molecular weight is 213 g/mol. The first-order valence-electron chi connectivity index (χ1n) is 6.41. The number of hydrogen-bond donors (Lipinski definition) is 1. The number of nitrogens with one attached hydrogen (secondary N) is 1. The maximum Gasteiger partial charge on any atom is 0.223 e. The van der Waals surface area contributed by atoms with Gasteiger partial charge in [0, 0.05) is 12.5 Å². The van der Waals surface area contributed by atoms with Crippen molar-refractivity contribution in [3.8, 4) is 0 Å². The summed E-state index contributed by atoms with van der Waals surface area (Å²) in [7, 11) is 0. The van der Waals surface area contributed by atoms with Crippen LogP contribution in [0.2, 0.25) is 0 Å². The molecule has 0 bridgehead atoms. The summed E-state index contributed by atoms with van der Waals surface area (Å²) in [6.07, 6.45) is 3.45. The van der Waals surface area contributed by atoms with E-state index in [0.29, 0.717) is 0 Å². The van der Waals surface area contributed by atoms with Crippen LogP contribution < -0.4 is 5.32 Å². The molecule has 1 rings (SSSR count). The maximum absolute atomic E-state index is 11.6. The fraction of sp³-hybridized carbons (Fsp3) is 0.923. The summed E-state index contributed by atoms with van der Waals surface area (Å²) < 4.78 is 0. The Kier molecular flexibility index (Phi) is 7.45. The molecule has 2 nitrogen and oxygen atoms in total. The highest BCUT2D eigenvalue weighted by molar-refractivity contribution is 5.78. The molecule has 2 heteroatoms. The van der Waals surface area contributed by atoms with E-state index in [1.165, 1.54) is 6.42 Å². The summed E-state index contributed by atoms with van der Waals surface area (Å²) in [6.45, 7) is 11.2. The number of amides is 1. The lowest BCUT2D eigenvalue weighted by Gasteiger charge is -2.30. The zero-order valence-corrected chi connectivity index (χ0v) is 11.0. The summed E-state index contributed by atoms with van der Waals surface area (Å²) in [5.41, 5.74) is 0. The lowest BCUT2D eigenvalue weighted by atomic mass is 9.76. The van der Waals surface area contributed by atoms with E-state index in [1.54, 1.807) is 0 Å². The van der Waals surface area contributed by atoms with Crippen molar-refractivity contribution in [2.75, 3.05) is 6.54 Å². The molecule has 0 radical (unpaired) electrons. The van der Waals surface area contributed by atoms with E-state index >= 15 is 0 Å². The number of carbonyl (C=O) groups excluding carboxylic acids is 1. The molecule has 90 valence electrons. The van der Waals surface area contributed by atoms with Crippen molar-refractivity contribution in [3.05, 3.63) is 0 Å². The van der Waals surface area contributed by atoms with Crippen molar-refractivity contribution in [2.24, 2.45) is 17.8 Å². The zero-order chi connectivity index (χ0) is 11.8. The topological polar surface area (TPSA) is 29.1 Å². The molecule has 1 N–H and O–H groups in total. The molecule has 0 aliphatic heterocycles. The normalized spacial score (nSPS) is 30.1. The second-order valence-corrected chi connectivity index (χ2v) is 4.51. The van der Waals surface area contributed by atoms with Gasteiger partial charge in [0.05, 0.1) is 0 Å². The van der Waals surface area contributed by atoms with Crippen LogP contribution in [0.25, 0.3) is 0 Å². The molecule has 0 spiro atoms. The Morgan fingerprint density at radius 2 is 1.60 bits per heavy atom. The van der Waals surface area contributed by atoms with Crippen LogP contribution in [-0.2, 0) is 4.79 Å². The Morgan fingerprint density at radius 1 is 1.13 bits per heavy atom. The Balaban J connectivity index is 0.000000921. The van der Waals surface area contributed by atoms with Crippen LogP contribution in [0.3, 0.4) is 0 Å². The van der Waals surface area contributed by atoms with E-state index in [1.807, 2.05) is 20.8 Å². The highest BCUT2D eigenvalue weighted by Crippen LogP contribution is 2.32. The summed E-state index contributed by atoms with van der Waals surface area (Å²) >= 11 is 0. The van der Waals surface area contributed by atoms with Crippen molar-refractivity contribution in [3.63, 3.8) is 0 Å². The van der Waals surface area contributed by atoms with Gasteiger partial charge in [-0.2, -0.15) is 0 Å². The molecule has 0 aromatic rings. The van der Waals surface area contributed by atoms with Crippen LogP contribution in [0.1, 0.15) is 53.9 Å². The number of rotatable bonds is 2. The average Bonchev–Trinajstić information content (AvgIpc) is 2.20. The van der Waals surface area contributed by atoms with E-state index in [0.717, 1.165) is 31.2 Å². The quantitative estimate of drug-likeness (QED) is 0.749. The third-order valence-electron chi connectivity index (χ3n) is 2.90. The first-order valence-corrected chi connectivity index (χ1v) is 6.41. The SMILES string of the molecule is CC.CCNC(=O)C1CC(C)CC(C)C1. The first-order chi connectivity index (χ1) is 7.13. The molecule has 1 aliphatic carbocycles. The van der Waals surface area contributed by atoms with Crippen LogP contribution >= 0.6 is 0 Å². The van der Waals surface area contributed by atoms with Crippen LogP contribution in [0, 0.1) is 17.8 Å². The molecular formula is C13H27NO. The van der Waals surface area contributed by atoms with Gasteiger partial charge in [0.15, 0.2) is 0 Å². The minimum Gasteiger partial charge on any atom is -0.356 e. The molecule has 0 heterocycles. The second kappa shape index (κ2) is 7.72. The lowest BCUT2D eigenvalue weighted by Crippen LogP contribution is -2.35. The van der Waals surface area contributed by atoms with Gasteiger partial charge in [-0.05, 0) is 38.0 Å². The Labute approximate surface area is 94.8 Å². The number of carbonyl (C=O) groups is 1. The van der Waals surface area contributed by atoms with Crippen LogP contribution in [-0.4, -0.2) is 12.5 Å². The van der Waals surface area contributed by atoms with E-state index in [-0.39, 0.29) is 11.8 Å². The van der Waals surface area contributed by atoms with Crippen molar-refractivity contribution in [1.82, 2.24) is 5.32 Å². The van der Waals surface area contributed by atoms with E-state index in [2.05, 4.69) is 19.2 Å². The van der Waals surface area contributed by atoms with Crippen LogP contribution in [0.15, 0.2) is 0 Å². The Hall–Kier alpha value is -0.530. The monoisotopic (exact) mass is 213 g/mol. The fourth-order valence-corrected chi connectivity index (χ4v) is 2.48. The standard InChI is InChI=1S/C11H21NO.C2H6/c1-4-12-11(13)10-6-8(2)5-9(3)7-10;1-2/h8-10H,4-7H2,1-3H3,(H,12,13);1-2H3.